The molecular weight excluding hydrogens is 188 g/mol. The molecule has 15 heavy (non-hydrogen) atoms. The van der Waals surface area contributed by atoms with E-state index in [1.165, 1.54) is 0 Å². The molecule has 2 nitrogen and oxygen atoms in total. The second-order valence-electron chi connectivity index (χ2n) is 2.79. The fourth-order valence-corrected chi connectivity index (χ4v) is 0.943. The summed E-state index contributed by atoms with van der Waals surface area (Å²) in [7, 11) is 0. The predicted octanol–water partition coefficient (Wildman–Crippen LogP) is 2.21. The van der Waals surface area contributed by atoms with Crippen molar-refractivity contribution in [1.82, 2.24) is 0 Å². The van der Waals surface area contributed by atoms with Crippen LogP contribution in [0.25, 0.3) is 0 Å². The molecule has 0 saturated carbocycles. The smallest absolute Gasteiger partial charge is 0.148 e. The molecule has 0 spiro atoms. The number of hydrogen-bond acceptors (Lipinski definition) is 2. The van der Waals surface area contributed by atoms with Crippen LogP contribution in [-0.4, -0.2) is 20.0 Å². The Labute approximate surface area is 90.5 Å². The molecule has 0 aliphatic heterocycles. The van der Waals surface area contributed by atoms with Crippen LogP contribution in [-0.2, 0) is 9.47 Å². The largest absolute Gasteiger partial charge is 0.351 e. The highest BCUT2D eigenvalue weighted by Gasteiger charge is 1.83. The Morgan fingerprint density at radius 2 is 2.00 bits per heavy atom. The van der Waals surface area contributed by atoms with Crippen LogP contribution in [0.5, 0.6) is 0 Å². The topological polar surface area (TPSA) is 18.5 Å². The Morgan fingerprint density at radius 3 is 2.73 bits per heavy atom. The van der Waals surface area contributed by atoms with E-state index in [0.717, 1.165) is 5.56 Å². The van der Waals surface area contributed by atoms with Gasteiger partial charge in [-0.05, 0) is 12.1 Å². The van der Waals surface area contributed by atoms with E-state index >= 15 is 0 Å². The monoisotopic (exact) mass is 202 g/mol. The molecule has 0 fully saturated rings. The van der Waals surface area contributed by atoms with Crippen LogP contribution in [0, 0.1) is 11.8 Å². The molecule has 2 heteroatoms. The van der Waals surface area contributed by atoms with Gasteiger partial charge in [-0.1, -0.05) is 36.1 Å². The van der Waals surface area contributed by atoms with Crippen molar-refractivity contribution < 1.29 is 9.47 Å². The number of hydrogen-bond donors (Lipinski definition) is 0. The van der Waals surface area contributed by atoms with E-state index in [2.05, 4.69) is 18.4 Å². The highest BCUT2D eigenvalue weighted by molar-refractivity contribution is 5.33. The van der Waals surface area contributed by atoms with Crippen LogP contribution < -0.4 is 0 Å². The zero-order valence-electron chi connectivity index (χ0n) is 8.61. The van der Waals surface area contributed by atoms with Gasteiger partial charge in [-0.25, -0.2) is 0 Å². The molecule has 0 saturated heterocycles. The highest BCUT2D eigenvalue weighted by Crippen LogP contribution is 1.94. The van der Waals surface area contributed by atoms with E-state index in [-0.39, 0.29) is 6.79 Å². The number of ether oxygens (including phenoxy) is 2. The number of rotatable bonds is 5. The summed E-state index contributed by atoms with van der Waals surface area (Å²) in [5, 5.41) is 0. The van der Waals surface area contributed by atoms with Crippen molar-refractivity contribution in [2.24, 2.45) is 0 Å². The van der Waals surface area contributed by atoms with Gasteiger partial charge < -0.3 is 9.47 Å². The lowest BCUT2D eigenvalue weighted by molar-refractivity contribution is -0.0312. The minimum absolute atomic E-state index is 0.259. The summed E-state index contributed by atoms with van der Waals surface area (Å²) in [6.07, 6.45) is 1.68. The SMILES string of the molecule is C=CCOCOCC#Cc1ccccc1. The molecular formula is C13H14O2. The molecule has 0 aliphatic carbocycles. The fraction of sp³-hybridized carbons (Fsp3) is 0.231. The van der Waals surface area contributed by atoms with Crippen LogP contribution in [0.3, 0.4) is 0 Å². The zero-order valence-corrected chi connectivity index (χ0v) is 8.61. The fourth-order valence-electron chi connectivity index (χ4n) is 0.943. The Morgan fingerprint density at radius 1 is 1.20 bits per heavy atom. The van der Waals surface area contributed by atoms with Gasteiger partial charge in [0.05, 0.1) is 6.61 Å². The van der Waals surface area contributed by atoms with E-state index < -0.39 is 0 Å². The first kappa shape index (κ1) is 11.5. The van der Waals surface area contributed by atoms with Crippen LogP contribution >= 0.6 is 0 Å². The zero-order chi connectivity index (χ0) is 10.8. The molecule has 0 aliphatic rings. The number of benzene rings is 1. The predicted molar refractivity (Wildman–Crippen MR) is 60.3 cm³/mol. The van der Waals surface area contributed by atoms with Crippen molar-refractivity contribution in [1.29, 1.82) is 0 Å². The molecule has 0 atom stereocenters. The summed E-state index contributed by atoms with van der Waals surface area (Å²) in [6, 6.07) is 9.79. The van der Waals surface area contributed by atoms with Gasteiger partial charge in [-0.15, -0.1) is 6.58 Å². The van der Waals surface area contributed by atoms with E-state index in [9.17, 15) is 0 Å². The summed E-state index contributed by atoms with van der Waals surface area (Å²) >= 11 is 0. The van der Waals surface area contributed by atoms with Crippen molar-refractivity contribution >= 4 is 0 Å². The Balaban J connectivity index is 2.15. The van der Waals surface area contributed by atoms with E-state index in [1.54, 1.807) is 6.08 Å². The van der Waals surface area contributed by atoms with Gasteiger partial charge in [-0.2, -0.15) is 0 Å². The standard InChI is InChI=1S/C13H14O2/c1-2-10-14-12-15-11-6-9-13-7-4-3-5-8-13/h2-5,7-8H,1,10-12H2. The van der Waals surface area contributed by atoms with Gasteiger partial charge in [0.15, 0.2) is 0 Å². The molecule has 1 rings (SSSR count). The summed E-state index contributed by atoms with van der Waals surface area (Å²) < 4.78 is 10.1. The highest BCUT2D eigenvalue weighted by atomic mass is 16.7. The van der Waals surface area contributed by atoms with Gasteiger partial charge in [0.2, 0.25) is 0 Å². The maximum atomic E-state index is 5.11. The summed E-state index contributed by atoms with van der Waals surface area (Å²) in [4.78, 5) is 0. The van der Waals surface area contributed by atoms with Crippen LogP contribution in [0.1, 0.15) is 5.56 Å². The molecule has 78 valence electrons. The molecule has 1 aromatic rings. The first-order chi connectivity index (χ1) is 7.43. The normalized spacial score (nSPS) is 9.07. The third-order valence-corrected chi connectivity index (χ3v) is 1.58. The van der Waals surface area contributed by atoms with Gasteiger partial charge in [0.25, 0.3) is 0 Å². The lowest BCUT2D eigenvalue weighted by atomic mass is 10.2. The lowest BCUT2D eigenvalue weighted by Gasteiger charge is -1.98. The van der Waals surface area contributed by atoms with E-state index in [4.69, 9.17) is 9.47 Å². The van der Waals surface area contributed by atoms with Crippen LogP contribution in [0.4, 0.5) is 0 Å². The minimum Gasteiger partial charge on any atom is -0.351 e. The van der Waals surface area contributed by atoms with Gasteiger partial charge in [-0.3, -0.25) is 0 Å². The molecule has 0 N–H and O–H groups in total. The minimum atomic E-state index is 0.259. The van der Waals surface area contributed by atoms with Crippen molar-refractivity contribution in [3.63, 3.8) is 0 Å². The molecule has 0 radical (unpaired) electrons. The van der Waals surface area contributed by atoms with Gasteiger partial charge in [0, 0.05) is 5.56 Å². The third kappa shape index (κ3) is 5.69. The first-order valence-corrected chi connectivity index (χ1v) is 4.74. The van der Waals surface area contributed by atoms with E-state index in [0.29, 0.717) is 13.2 Å². The average molecular weight is 202 g/mol. The summed E-state index contributed by atoms with van der Waals surface area (Å²) in [6.45, 7) is 4.67. The second kappa shape index (κ2) is 7.81. The van der Waals surface area contributed by atoms with Crippen molar-refractivity contribution in [3.05, 3.63) is 48.6 Å². The van der Waals surface area contributed by atoms with Crippen molar-refractivity contribution in [2.45, 2.75) is 0 Å². The van der Waals surface area contributed by atoms with E-state index in [1.807, 2.05) is 30.3 Å². The van der Waals surface area contributed by atoms with Gasteiger partial charge >= 0.3 is 0 Å². The van der Waals surface area contributed by atoms with Crippen molar-refractivity contribution in [2.75, 3.05) is 20.0 Å². The molecule has 0 amide bonds. The molecule has 0 bridgehead atoms. The van der Waals surface area contributed by atoms with Gasteiger partial charge in [0.1, 0.15) is 13.4 Å². The second-order valence-corrected chi connectivity index (χ2v) is 2.79. The maximum Gasteiger partial charge on any atom is 0.148 e. The molecule has 0 unspecified atom stereocenters. The third-order valence-electron chi connectivity index (χ3n) is 1.58. The van der Waals surface area contributed by atoms with Crippen molar-refractivity contribution in [3.8, 4) is 11.8 Å². The summed E-state index contributed by atoms with van der Waals surface area (Å²) in [5.41, 5.74) is 0.994. The summed E-state index contributed by atoms with van der Waals surface area (Å²) in [5.74, 6) is 5.89. The average Bonchev–Trinajstić information content (AvgIpc) is 2.29. The Bertz CT molecular complexity index is 333. The first-order valence-electron chi connectivity index (χ1n) is 4.74. The Kier molecular flexibility index (Phi) is 5.99. The molecule has 1 aromatic carbocycles. The Hall–Kier alpha value is -1.56. The van der Waals surface area contributed by atoms with Crippen LogP contribution in [0.2, 0.25) is 0 Å². The van der Waals surface area contributed by atoms with Crippen LogP contribution in [0.15, 0.2) is 43.0 Å². The molecule has 0 aromatic heterocycles. The maximum absolute atomic E-state index is 5.11. The quantitative estimate of drug-likeness (QED) is 0.315. The molecule has 0 heterocycles. The lowest BCUT2D eigenvalue weighted by Crippen LogP contribution is -1.99.